The van der Waals surface area contributed by atoms with Crippen LogP contribution in [0.25, 0.3) is 0 Å². The highest BCUT2D eigenvalue weighted by atomic mass is 32.2. The zero-order valence-corrected chi connectivity index (χ0v) is 15.2. The Morgan fingerprint density at radius 2 is 1.79 bits per heavy atom. The average Bonchev–Trinajstić information content (AvgIpc) is 2.67. The van der Waals surface area contributed by atoms with E-state index >= 15 is 0 Å². The molecule has 0 saturated carbocycles. The SMILES string of the molecule is COc1ccc(C(NC(=O)C2CSCCS2)c2ccccc2)cc1. The van der Waals surface area contributed by atoms with Gasteiger partial charge in [-0.1, -0.05) is 42.5 Å². The van der Waals surface area contributed by atoms with Crippen LogP contribution >= 0.6 is 23.5 Å². The molecule has 126 valence electrons. The lowest BCUT2D eigenvalue weighted by Gasteiger charge is -2.25. The van der Waals surface area contributed by atoms with Gasteiger partial charge in [-0.05, 0) is 23.3 Å². The third-order valence-corrected chi connectivity index (χ3v) is 6.73. The molecule has 2 unspecified atom stereocenters. The largest absolute Gasteiger partial charge is 0.497 e. The van der Waals surface area contributed by atoms with Gasteiger partial charge >= 0.3 is 0 Å². The minimum absolute atomic E-state index is 0.0354. The molecule has 2 aromatic carbocycles. The molecule has 3 nitrogen and oxygen atoms in total. The fourth-order valence-electron chi connectivity index (χ4n) is 2.68. The van der Waals surface area contributed by atoms with Crippen molar-refractivity contribution >= 4 is 29.4 Å². The number of rotatable bonds is 5. The maximum absolute atomic E-state index is 12.7. The lowest BCUT2D eigenvalue weighted by Crippen LogP contribution is -2.38. The Kier molecular flexibility index (Phi) is 6.10. The summed E-state index contributed by atoms with van der Waals surface area (Å²) in [6.07, 6.45) is 0. The second kappa shape index (κ2) is 8.49. The second-order valence-electron chi connectivity index (χ2n) is 5.56. The molecule has 1 saturated heterocycles. The lowest BCUT2D eigenvalue weighted by atomic mass is 9.98. The number of carbonyl (C=O) groups excluding carboxylic acids is 1. The number of hydrogen-bond donors (Lipinski definition) is 1. The van der Waals surface area contributed by atoms with Crippen molar-refractivity contribution in [3.8, 4) is 5.75 Å². The molecule has 1 fully saturated rings. The van der Waals surface area contributed by atoms with E-state index in [-0.39, 0.29) is 17.2 Å². The Hall–Kier alpha value is -1.59. The molecule has 0 spiro atoms. The van der Waals surface area contributed by atoms with E-state index in [1.165, 1.54) is 0 Å². The number of thioether (sulfide) groups is 2. The van der Waals surface area contributed by atoms with Crippen LogP contribution in [-0.4, -0.2) is 35.5 Å². The number of hydrogen-bond acceptors (Lipinski definition) is 4. The van der Waals surface area contributed by atoms with Crippen molar-refractivity contribution in [2.24, 2.45) is 0 Å². The van der Waals surface area contributed by atoms with Gasteiger partial charge in [0, 0.05) is 17.3 Å². The molecule has 1 N–H and O–H groups in total. The van der Waals surface area contributed by atoms with Crippen LogP contribution in [0.5, 0.6) is 5.75 Å². The highest BCUT2D eigenvalue weighted by molar-refractivity contribution is 8.07. The van der Waals surface area contributed by atoms with Crippen LogP contribution in [0.2, 0.25) is 0 Å². The van der Waals surface area contributed by atoms with Gasteiger partial charge in [0.25, 0.3) is 0 Å². The van der Waals surface area contributed by atoms with Crippen molar-refractivity contribution in [1.29, 1.82) is 0 Å². The monoisotopic (exact) mass is 359 g/mol. The van der Waals surface area contributed by atoms with Crippen LogP contribution in [-0.2, 0) is 4.79 Å². The molecule has 3 rings (SSSR count). The number of amides is 1. The van der Waals surface area contributed by atoms with E-state index in [1.54, 1.807) is 18.9 Å². The third-order valence-electron chi connectivity index (χ3n) is 3.98. The quantitative estimate of drug-likeness (QED) is 0.882. The molecule has 5 heteroatoms. The Morgan fingerprint density at radius 1 is 1.08 bits per heavy atom. The predicted molar refractivity (Wildman–Crippen MR) is 103 cm³/mol. The summed E-state index contributed by atoms with van der Waals surface area (Å²) in [4.78, 5) is 12.7. The molecule has 2 atom stereocenters. The number of methoxy groups -OCH3 is 1. The summed E-state index contributed by atoms with van der Waals surface area (Å²) in [5.41, 5.74) is 2.15. The van der Waals surface area contributed by atoms with Gasteiger partial charge in [-0.2, -0.15) is 11.8 Å². The van der Waals surface area contributed by atoms with Crippen LogP contribution in [0.4, 0.5) is 0 Å². The maximum Gasteiger partial charge on any atom is 0.234 e. The first-order valence-corrected chi connectivity index (χ1v) is 10.2. The summed E-state index contributed by atoms with van der Waals surface area (Å²) in [5, 5.41) is 3.28. The van der Waals surface area contributed by atoms with Gasteiger partial charge in [-0.25, -0.2) is 0 Å². The Balaban J connectivity index is 1.83. The van der Waals surface area contributed by atoms with E-state index < -0.39 is 0 Å². The molecule has 0 aromatic heterocycles. The number of ether oxygens (including phenoxy) is 1. The second-order valence-corrected chi connectivity index (χ2v) is 8.02. The summed E-state index contributed by atoms with van der Waals surface area (Å²) in [6.45, 7) is 0. The van der Waals surface area contributed by atoms with E-state index in [1.807, 2.05) is 54.2 Å². The van der Waals surface area contributed by atoms with E-state index in [4.69, 9.17) is 4.74 Å². The van der Waals surface area contributed by atoms with Crippen LogP contribution in [0.3, 0.4) is 0 Å². The van der Waals surface area contributed by atoms with Gasteiger partial charge in [0.15, 0.2) is 0 Å². The van der Waals surface area contributed by atoms with Gasteiger partial charge in [-0.15, -0.1) is 11.8 Å². The zero-order valence-electron chi connectivity index (χ0n) is 13.6. The smallest absolute Gasteiger partial charge is 0.234 e. The molecular weight excluding hydrogens is 338 g/mol. The van der Waals surface area contributed by atoms with Crippen LogP contribution < -0.4 is 10.1 Å². The van der Waals surface area contributed by atoms with Crippen molar-refractivity contribution in [1.82, 2.24) is 5.32 Å². The van der Waals surface area contributed by atoms with Crippen molar-refractivity contribution in [2.75, 3.05) is 24.4 Å². The molecule has 0 aliphatic carbocycles. The number of carbonyl (C=O) groups is 1. The predicted octanol–water partition coefficient (Wildman–Crippen LogP) is 3.75. The molecule has 1 aliphatic rings. The first-order valence-electron chi connectivity index (χ1n) is 7.96. The van der Waals surface area contributed by atoms with Gasteiger partial charge < -0.3 is 10.1 Å². The highest BCUT2D eigenvalue weighted by Crippen LogP contribution is 2.28. The van der Waals surface area contributed by atoms with Gasteiger partial charge in [-0.3, -0.25) is 4.79 Å². The first-order chi connectivity index (χ1) is 11.8. The molecule has 2 aromatic rings. The normalized spacial score (nSPS) is 18.6. The third kappa shape index (κ3) is 4.28. The van der Waals surface area contributed by atoms with Crippen molar-refractivity contribution < 1.29 is 9.53 Å². The molecule has 1 heterocycles. The van der Waals surface area contributed by atoms with Crippen molar-refractivity contribution in [3.63, 3.8) is 0 Å². The van der Waals surface area contributed by atoms with Crippen molar-refractivity contribution in [3.05, 3.63) is 65.7 Å². The van der Waals surface area contributed by atoms with Crippen LogP contribution in [0, 0.1) is 0 Å². The van der Waals surface area contributed by atoms with E-state index in [9.17, 15) is 4.79 Å². The van der Waals surface area contributed by atoms with Gasteiger partial charge in [0.1, 0.15) is 5.75 Å². The molecule has 1 aliphatic heterocycles. The summed E-state index contributed by atoms with van der Waals surface area (Å²) in [5.74, 6) is 4.00. The first kappa shape index (κ1) is 17.2. The molecule has 1 amide bonds. The van der Waals surface area contributed by atoms with Gasteiger partial charge in [0.05, 0.1) is 18.4 Å². The zero-order chi connectivity index (χ0) is 16.8. The minimum atomic E-state index is -0.142. The Labute approximate surface area is 151 Å². The van der Waals surface area contributed by atoms with E-state index in [0.717, 1.165) is 34.1 Å². The summed E-state index contributed by atoms with van der Waals surface area (Å²) >= 11 is 3.61. The summed E-state index contributed by atoms with van der Waals surface area (Å²) < 4.78 is 5.24. The molecule has 0 bridgehead atoms. The highest BCUT2D eigenvalue weighted by Gasteiger charge is 2.25. The molecular formula is C19H21NO2S2. The Bertz CT molecular complexity index is 655. The summed E-state index contributed by atoms with van der Waals surface area (Å²) in [6, 6.07) is 17.9. The fourth-order valence-corrected chi connectivity index (χ4v) is 5.24. The molecule has 0 radical (unpaired) electrons. The van der Waals surface area contributed by atoms with Crippen LogP contribution in [0.15, 0.2) is 54.6 Å². The number of benzene rings is 2. The maximum atomic E-state index is 12.7. The standard InChI is InChI=1S/C19H21NO2S2/c1-22-16-9-7-15(8-10-16)18(14-5-3-2-4-6-14)20-19(21)17-13-23-11-12-24-17/h2-10,17-18H,11-13H2,1H3,(H,20,21). The number of nitrogens with one attached hydrogen (secondary N) is 1. The topological polar surface area (TPSA) is 38.3 Å². The van der Waals surface area contributed by atoms with Crippen LogP contribution in [0.1, 0.15) is 17.2 Å². The van der Waals surface area contributed by atoms with Gasteiger partial charge in [0.2, 0.25) is 5.91 Å². The van der Waals surface area contributed by atoms with E-state index in [2.05, 4.69) is 17.4 Å². The minimum Gasteiger partial charge on any atom is -0.497 e. The Morgan fingerprint density at radius 3 is 2.42 bits per heavy atom. The lowest BCUT2D eigenvalue weighted by molar-refractivity contribution is -0.120. The van der Waals surface area contributed by atoms with E-state index in [0.29, 0.717) is 0 Å². The fraction of sp³-hybridized carbons (Fsp3) is 0.316. The average molecular weight is 360 g/mol. The van der Waals surface area contributed by atoms with Crippen molar-refractivity contribution in [2.45, 2.75) is 11.3 Å². The summed E-state index contributed by atoms with van der Waals surface area (Å²) in [7, 11) is 1.66. The molecule has 24 heavy (non-hydrogen) atoms.